The lowest BCUT2D eigenvalue weighted by Gasteiger charge is -2.08. The van der Waals surface area contributed by atoms with Crippen molar-refractivity contribution in [1.82, 2.24) is 25.1 Å². The molecule has 0 saturated heterocycles. The van der Waals surface area contributed by atoms with Crippen molar-refractivity contribution < 1.29 is 17.9 Å². The maximum atomic E-state index is 12.9. The Bertz CT molecular complexity index is 1230. The van der Waals surface area contributed by atoms with Crippen LogP contribution in [0.15, 0.2) is 59.8 Å². The Hall–Kier alpha value is -3.80. The molecule has 0 fully saturated rings. The number of ether oxygens (including phenoxy) is 1. The number of aromatic nitrogens is 5. The molecular weight excluding hydrogens is 443 g/mol. The van der Waals surface area contributed by atoms with Gasteiger partial charge in [-0.1, -0.05) is 23.9 Å². The molecular formula is C20H16F3N7OS. The van der Waals surface area contributed by atoms with E-state index in [1.165, 1.54) is 30.0 Å². The van der Waals surface area contributed by atoms with E-state index in [0.29, 0.717) is 28.3 Å². The quantitative estimate of drug-likeness (QED) is 0.269. The van der Waals surface area contributed by atoms with Crippen molar-refractivity contribution in [2.24, 2.45) is 0 Å². The number of alkyl halides is 3. The Morgan fingerprint density at radius 3 is 2.53 bits per heavy atom. The van der Waals surface area contributed by atoms with E-state index >= 15 is 0 Å². The van der Waals surface area contributed by atoms with E-state index in [1.54, 1.807) is 24.3 Å². The van der Waals surface area contributed by atoms with Crippen LogP contribution in [0.25, 0.3) is 11.4 Å². The van der Waals surface area contributed by atoms with Crippen LogP contribution in [-0.2, 0) is 6.18 Å². The fourth-order valence-electron chi connectivity index (χ4n) is 2.72. The minimum absolute atomic E-state index is 0.213. The monoisotopic (exact) mass is 459 g/mol. The van der Waals surface area contributed by atoms with Gasteiger partial charge in [0.05, 0.1) is 5.56 Å². The van der Waals surface area contributed by atoms with Gasteiger partial charge in [-0.3, -0.25) is 0 Å². The Balaban J connectivity index is 1.45. The zero-order chi connectivity index (χ0) is 22.7. The summed E-state index contributed by atoms with van der Waals surface area (Å²) in [6, 6.07) is 13.3. The second-order valence-electron chi connectivity index (χ2n) is 6.47. The maximum Gasteiger partial charge on any atom is 0.416 e. The summed E-state index contributed by atoms with van der Waals surface area (Å²) in [5.74, 6) is 1.65. The summed E-state index contributed by atoms with van der Waals surface area (Å²) in [7, 11) is 0. The summed E-state index contributed by atoms with van der Waals surface area (Å²) in [6.45, 7) is 0. The molecule has 0 aliphatic carbocycles. The third-order valence-corrected chi connectivity index (χ3v) is 4.72. The third-order valence-electron chi connectivity index (χ3n) is 4.17. The van der Waals surface area contributed by atoms with Gasteiger partial charge in [-0.15, -0.1) is 10.2 Å². The summed E-state index contributed by atoms with van der Waals surface area (Å²) in [5, 5.41) is 11.4. The second-order valence-corrected chi connectivity index (χ2v) is 7.24. The van der Waals surface area contributed by atoms with Crippen molar-refractivity contribution in [3.63, 3.8) is 0 Å². The Morgan fingerprint density at radius 1 is 1.03 bits per heavy atom. The molecule has 0 aliphatic rings. The number of benzene rings is 2. The van der Waals surface area contributed by atoms with Gasteiger partial charge in [0.15, 0.2) is 11.0 Å². The molecule has 2 aromatic carbocycles. The molecule has 0 radical (unpaired) electrons. The molecule has 0 atom stereocenters. The van der Waals surface area contributed by atoms with Crippen LogP contribution >= 0.6 is 11.8 Å². The molecule has 4 aromatic rings. The van der Waals surface area contributed by atoms with Gasteiger partial charge in [0.2, 0.25) is 11.8 Å². The number of nitrogens with one attached hydrogen (secondary N) is 2. The van der Waals surface area contributed by atoms with Crippen LogP contribution in [0, 0.1) is 0 Å². The van der Waals surface area contributed by atoms with Crippen molar-refractivity contribution in [1.29, 1.82) is 0 Å². The van der Waals surface area contributed by atoms with Crippen molar-refractivity contribution >= 4 is 29.2 Å². The number of hydrogen-bond acceptors (Lipinski definition) is 8. The van der Waals surface area contributed by atoms with Crippen LogP contribution in [-0.4, -0.2) is 31.4 Å². The van der Waals surface area contributed by atoms with Crippen molar-refractivity contribution in [2.75, 3.05) is 17.3 Å². The van der Waals surface area contributed by atoms with Crippen LogP contribution in [0.4, 0.5) is 30.6 Å². The highest BCUT2D eigenvalue weighted by Crippen LogP contribution is 2.31. The van der Waals surface area contributed by atoms with Crippen LogP contribution in [0.2, 0.25) is 0 Å². The SMILES string of the molecule is CSc1nc(N)cc(Oc2ccc(Nc3nnc(-c4cccc(C(F)(F)F)c4)[nH]3)cc2)n1. The number of nitrogens with two attached hydrogens (primary N) is 1. The highest BCUT2D eigenvalue weighted by molar-refractivity contribution is 7.98. The molecule has 0 spiro atoms. The number of thioether (sulfide) groups is 1. The Kier molecular flexibility index (Phi) is 5.86. The molecule has 2 aromatic heterocycles. The average Bonchev–Trinajstić information content (AvgIpc) is 3.23. The number of hydrogen-bond donors (Lipinski definition) is 3. The normalized spacial score (nSPS) is 11.4. The zero-order valence-electron chi connectivity index (χ0n) is 16.5. The van der Waals surface area contributed by atoms with E-state index in [1.807, 2.05) is 6.26 Å². The first kappa shape index (κ1) is 21.4. The van der Waals surface area contributed by atoms with E-state index < -0.39 is 11.7 Å². The highest BCUT2D eigenvalue weighted by Gasteiger charge is 2.30. The maximum absolute atomic E-state index is 12.9. The number of aromatic amines is 1. The van der Waals surface area contributed by atoms with Crippen LogP contribution < -0.4 is 15.8 Å². The average molecular weight is 459 g/mol. The van der Waals surface area contributed by atoms with Gasteiger partial charge < -0.3 is 20.8 Å². The lowest BCUT2D eigenvalue weighted by Crippen LogP contribution is -2.04. The Morgan fingerprint density at radius 2 is 1.81 bits per heavy atom. The second kappa shape index (κ2) is 8.75. The topological polar surface area (TPSA) is 115 Å². The van der Waals surface area contributed by atoms with Gasteiger partial charge in [0.25, 0.3) is 0 Å². The number of nitrogens with zero attached hydrogens (tertiary/aromatic N) is 4. The zero-order valence-corrected chi connectivity index (χ0v) is 17.3. The number of anilines is 3. The smallest absolute Gasteiger partial charge is 0.416 e. The first-order valence-electron chi connectivity index (χ1n) is 9.14. The van der Waals surface area contributed by atoms with Crippen molar-refractivity contribution in [3.8, 4) is 23.0 Å². The minimum atomic E-state index is -4.44. The van der Waals surface area contributed by atoms with Crippen molar-refractivity contribution in [2.45, 2.75) is 11.3 Å². The molecule has 8 nitrogen and oxygen atoms in total. The largest absolute Gasteiger partial charge is 0.439 e. The molecule has 4 rings (SSSR count). The van der Waals surface area contributed by atoms with Gasteiger partial charge in [-0.05, 0) is 42.7 Å². The molecule has 12 heteroatoms. The van der Waals surface area contributed by atoms with Crippen LogP contribution in [0.1, 0.15) is 5.56 Å². The van der Waals surface area contributed by atoms with Crippen molar-refractivity contribution in [3.05, 3.63) is 60.2 Å². The standard InChI is InChI=1S/C20H16F3N7OS/c1-32-19-26-15(24)10-16(27-19)31-14-7-5-13(6-8-14)25-18-28-17(29-30-18)11-3-2-4-12(9-11)20(21,22)23/h2-10H,1H3,(H2,24,26,27)(H2,25,28,29,30). The predicted octanol–water partition coefficient (Wildman–Crippen LogP) is 5.12. The van der Waals surface area contributed by atoms with Gasteiger partial charge >= 0.3 is 6.18 Å². The fourth-order valence-corrected chi connectivity index (χ4v) is 3.10. The first-order valence-corrected chi connectivity index (χ1v) is 10.4. The lowest BCUT2D eigenvalue weighted by atomic mass is 10.1. The van der Waals surface area contributed by atoms with Crippen LogP contribution in [0.5, 0.6) is 11.6 Å². The fraction of sp³-hybridized carbons (Fsp3) is 0.100. The lowest BCUT2D eigenvalue weighted by molar-refractivity contribution is -0.137. The van der Waals surface area contributed by atoms with Crippen LogP contribution in [0.3, 0.4) is 0 Å². The Labute approximate surface area is 184 Å². The summed E-state index contributed by atoms with van der Waals surface area (Å²) in [5.41, 5.74) is 5.93. The molecule has 0 aliphatic heterocycles. The molecule has 0 unspecified atom stereocenters. The number of halogens is 3. The van der Waals surface area contributed by atoms with Gasteiger partial charge in [-0.2, -0.15) is 18.2 Å². The minimum Gasteiger partial charge on any atom is -0.439 e. The van der Waals surface area contributed by atoms with E-state index in [-0.39, 0.29) is 17.3 Å². The first-order chi connectivity index (χ1) is 15.3. The van der Waals surface area contributed by atoms with E-state index in [4.69, 9.17) is 10.5 Å². The third kappa shape index (κ3) is 5.09. The molecule has 164 valence electrons. The van der Waals surface area contributed by atoms with E-state index in [0.717, 1.165) is 12.1 Å². The number of nitrogen functional groups attached to an aromatic ring is 1. The van der Waals surface area contributed by atoms with Gasteiger partial charge in [-0.25, -0.2) is 4.98 Å². The molecule has 4 N–H and O–H groups in total. The summed E-state index contributed by atoms with van der Waals surface area (Å²) >= 11 is 1.35. The molecule has 0 saturated carbocycles. The molecule has 0 bridgehead atoms. The predicted molar refractivity (Wildman–Crippen MR) is 115 cm³/mol. The summed E-state index contributed by atoms with van der Waals surface area (Å²) in [6.07, 6.45) is -2.60. The van der Waals surface area contributed by atoms with E-state index in [2.05, 4.69) is 30.5 Å². The summed E-state index contributed by atoms with van der Waals surface area (Å²) in [4.78, 5) is 11.2. The summed E-state index contributed by atoms with van der Waals surface area (Å²) < 4.78 is 44.5. The van der Waals surface area contributed by atoms with E-state index in [9.17, 15) is 13.2 Å². The van der Waals surface area contributed by atoms with Gasteiger partial charge in [0, 0.05) is 17.3 Å². The highest BCUT2D eigenvalue weighted by atomic mass is 32.2. The molecule has 2 heterocycles. The molecule has 32 heavy (non-hydrogen) atoms. The number of rotatable bonds is 6. The molecule has 0 amide bonds. The van der Waals surface area contributed by atoms with Gasteiger partial charge in [0.1, 0.15) is 11.6 Å². The number of H-pyrrole nitrogens is 1.